The fourth-order valence-corrected chi connectivity index (χ4v) is 4.10. The Labute approximate surface area is 163 Å². The van der Waals surface area contributed by atoms with E-state index in [2.05, 4.69) is 6.92 Å². The molecule has 3 unspecified atom stereocenters. The number of rotatable bonds is 16. The molecule has 1 saturated carbocycles. The van der Waals surface area contributed by atoms with Crippen LogP contribution in [0.3, 0.4) is 0 Å². The summed E-state index contributed by atoms with van der Waals surface area (Å²) in [5, 5.41) is 9.67. The van der Waals surface area contributed by atoms with Gasteiger partial charge in [-0.2, -0.15) is 0 Å². The van der Waals surface area contributed by atoms with E-state index in [9.17, 15) is 24.3 Å². The monoisotopic (exact) mass is 380 g/mol. The summed E-state index contributed by atoms with van der Waals surface area (Å²) in [5.74, 6) is -3.11. The second-order valence-corrected chi connectivity index (χ2v) is 7.97. The van der Waals surface area contributed by atoms with E-state index in [1.165, 1.54) is 44.9 Å². The van der Waals surface area contributed by atoms with Crippen LogP contribution >= 0.6 is 0 Å². The highest BCUT2D eigenvalue weighted by atomic mass is 16.3. The molecule has 1 fully saturated rings. The molecule has 1 aliphatic rings. The number of aldehydes is 1. The van der Waals surface area contributed by atoms with E-state index in [0.29, 0.717) is 12.7 Å². The number of hydrogen-bond donors (Lipinski definition) is 1. The van der Waals surface area contributed by atoms with Crippen molar-refractivity contribution in [3.05, 3.63) is 0 Å². The second-order valence-electron chi connectivity index (χ2n) is 7.97. The molecule has 0 saturated heterocycles. The minimum atomic E-state index is -0.972. The molecule has 5 heteroatoms. The molecule has 0 aromatic carbocycles. The molecule has 0 bridgehead atoms. The van der Waals surface area contributed by atoms with Gasteiger partial charge in [-0.15, -0.1) is 0 Å². The Morgan fingerprint density at radius 2 is 1.59 bits per heavy atom. The van der Waals surface area contributed by atoms with Gasteiger partial charge in [0.1, 0.15) is 6.29 Å². The smallest absolute Gasteiger partial charge is 0.209 e. The third-order valence-corrected chi connectivity index (χ3v) is 5.72. The van der Waals surface area contributed by atoms with Crippen LogP contribution in [-0.2, 0) is 19.2 Å². The topological polar surface area (TPSA) is 88.5 Å². The number of unbranched alkanes of at least 4 members (excludes halogenated alkanes) is 8. The molecule has 0 spiro atoms. The first-order valence-corrected chi connectivity index (χ1v) is 10.7. The average molecular weight is 381 g/mol. The number of hydrogen-bond acceptors (Lipinski definition) is 5. The van der Waals surface area contributed by atoms with Crippen LogP contribution in [0.25, 0.3) is 0 Å². The summed E-state index contributed by atoms with van der Waals surface area (Å²) in [6.45, 7) is 2.20. The molecule has 1 rings (SSSR count). The van der Waals surface area contributed by atoms with E-state index in [1.807, 2.05) is 0 Å². The van der Waals surface area contributed by atoms with Crippen molar-refractivity contribution in [1.82, 2.24) is 0 Å². The molecular formula is C22H36O5. The number of aliphatic hydroxyl groups excluding tert-OH is 1. The molecule has 0 radical (unpaired) electrons. The van der Waals surface area contributed by atoms with Crippen LogP contribution < -0.4 is 0 Å². The zero-order chi connectivity index (χ0) is 20.1. The molecule has 0 aromatic rings. The lowest BCUT2D eigenvalue weighted by Gasteiger charge is -2.23. The lowest BCUT2D eigenvalue weighted by molar-refractivity contribution is -0.137. The van der Waals surface area contributed by atoms with E-state index >= 15 is 0 Å². The highest BCUT2D eigenvalue weighted by Gasteiger charge is 2.44. The van der Waals surface area contributed by atoms with Crippen LogP contribution in [0.15, 0.2) is 0 Å². The summed E-state index contributed by atoms with van der Waals surface area (Å²) >= 11 is 0. The van der Waals surface area contributed by atoms with E-state index in [0.717, 1.165) is 19.3 Å². The Bertz CT molecular complexity index is 485. The average Bonchev–Trinajstić information content (AvgIpc) is 2.90. The normalized spacial score (nSPS) is 19.5. The largest absolute Gasteiger partial charge is 0.396 e. The van der Waals surface area contributed by atoms with Gasteiger partial charge in [-0.3, -0.25) is 14.4 Å². The Kier molecular flexibility index (Phi) is 12.1. The molecule has 0 aliphatic heterocycles. The highest BCUT2D eigenvalue weighted by Crippen LogP contribution is 2.32. The van der Waals surface area contributed by atoms with E-state index < -0.39 is 23.4 Å². The van der Waals surface area contributed by atoms with Crippen LogP contribution in [0.1, 0.15) is 90.4 Å². The van der Waals surface area contributed by atoms with E-state index in [-0.39, 0.29) is 31.1 Å². The van der Waals surface area contributed by atoms with Crippen LogP contribution in [0.2, 0.25) is 0 Å². The molecule has 1 aliphatic carbocycles. The SMILES string of the molecule is CCCCCCCCCCCC(CO)CC(CC=O)C1C(=O)CC(=O)C1=O. The Balaban J connectivity index is 2.34. The summed E-state index contributed by atoms with van der Waals surface area (Å²) in [6.07, 6.45) is 12.8. The number of carbonyl (C=O) groups is 4. The van der Waals surface area contributed by atoms with Crippen molar-refractivity contribution in [3.63, 3.8) is 0 Å². The third kappa shape index (κ3) is 8.46. The number of carbonyl (C=O) groups excluding carboxylic acids is 4. The van der Waals surface area contributed by atoms with Gasteiger partial charge >= 0.3 is 0 Å². The van der Waals surface area contributed by atoms with Crippen molar-refractivity contribution in [2.24, 2.45) is 17.8 Å². The van der Waals surface area contributed by atoms with E-state index in [4.69, 9.17) is 0 Å². The molecule has 5 nitrogen and oxygen atoms in total. The number of Topliss-reactive ketones (excluding diaryl/α,β-unsaturated/α-hetero) is 3. The van der Waals surface area contributed by atoms with Crippen LogP contribution in [-0.4, -0.2) is 35.3 Å². The Morgan fingerprint density at radius 1 is 1.00 bits per heavy atom. The van der Waals surface area contributed by atoms with Crippen molar-refractivity contribution in [1.29, 1.82) is 0 Å². The van der Waals surface area contributed by atoms with Gasteiger partial charge in [0.2, 0.25) is 11.6 Å². The first kappa shape index (κ1) is 23.7. The van der Waals surface area contributed by atoms with Crippen LogP contribution in [0, 0.1) is 17.8 Å². The van der Waals surface area contributed by atoms with Crippen molar-refractivity contribution in [2.45, 2.75) is 90.4 Å². The summed E-state index contributed by atoms with van der Waals surface area (Å²) in [7, 11) is 0. The van der Waals surface area contributed by atoms with Gasteiger partial charge in [0.15, 0.2) is 5.78 Å². The van der Waals surface area contributed by atoms with Crippen LogP contribution in [0.5, 0.6) is 0 Å². The second kappa shape index (κ2) is 13.8. The lowest BCUT2D eigenvalue weighted by Crippen LogP contribution is -2.29. The van der Waals surface area contributed by atoms with Gasteiger partial charge in [-0.25, -0.2) is 0 Å². The fraction of sp³-hybridized carbons (Fsp3) is 0.818. The molecule has 3 atom stereocenters. The first-order chi connectivity index (χ1) is 13.0. The molecular weight excluding hydrogens is 344 g/mol. The van der Waals surface area contributed by atoms with Gasteiger partial charge < -0.3 is 9.90 Å². The van der Waals surface area contributed by atoms with Crippen molar-refractivity contribution in [3.8, 4) is 0 Å². The predicted molar refractivity (Wildman–Crippen MR) is 104 cm³/mol. The van der Waals surface area contributed by atoms with E-state index in [1.54, 1.807) is 0 Å². The predicted octanol–water partition coefficient (Wildman–Crippen LogP) is 3.84. The maximum Gasteiger partial charge on any atom is 0.209 e. The van der Waals surface area contributed by atoms with Gasteiger partial charge in [0.05, 0.1) is 12.3 Å². The molecule has 0 aromatic heterocycles. The molecule has 1 N–H and O–H groups in total. The Hall–Kier alpha value is -1.36. The minimum absolute atomic E-state index is 0.0184. The minimum Gasteiger partial charge on any atom is -0.396 e. The maximum absolute atomic E-state index is 12.0. The van der Waals surface area contributed by atoms with Crippen molar-refractivity contribution < 1.29 is 24.3 Å². The summed E-state index contributed by atoms with van der Waals surface area (Å²) in [5.41, 5.74) is 0. The molecule has 27 heavy (non-hydrogen) atoms. The highest BCUT2D eigenvalue weighted by molar-refractivity contribution is 6.49. The zero-order valence-corrected chi connectivity index (χ0v) is 16.8. The summed E-state index contributed by atoms with van der Waals surface area (Å²) in [6, 6.07) is 0. The van der Waals surface area contributed by atoms with Gasteiger partial charge in [-0.1, -0.05) is 64.7 Å². The van der Waals surface area contributed by atoms with Crippen molar-refractivity contribution in [2.75, 3.05) is 6.61 Å². The fourth-order valence-electron chi connectivity index (χ4n) is 4.10. The Morgan fingerprint density at radius 3 is 2.07 bits per heavy atom. The maximum atomic E-state index is 12.0. The van der Waals surface area contributed by atoms with Gasteiger partial charge in [0, 0.05) is 13.0 Å². The zero-order valence-electron chi connectivity index (χ0n) is 16.8. The number of aliphatic hydroxyl groups is 1. The van der Waals surface area contributed by atoms with Gasteiger partial charge in [-0.05, 0) is 24.7 Å². The quantitative estimate of drug-likeness (QED) is 0.190. The molecule has 0 amide bonds. The third-order valence-electron chi connectivity index (χ3n) is 5.72. The number of ketones is 3. The molecule has 0 heterocycles. The van der Waals surface area contributed by atoms with Crippen molar-refractivity contribution >= 4 is 23.6 Å². The summed E-state index contributed by atoms with van der Waals surface area (Å²) in [4.78, 5) is 46.5. The van der Waals surface area contributed by atoms with Crippen LogP contribution in [0.4, 0.5) is 0 Å². The lowest BCUT2D eigenvalue weighted by atomic mass is 9.79. The first-order valence-electron chi connectivity index (χ1n) is 10.7. The van der Waals surface area contributed by atoms with Gasteiger partial charge in [0.25, 0.3) is 0 Å². The standard InChI is InChI=1S/C22H36O5/c1-2-3-4-5-6-7-8-9-10-11-17(16-24)14-18(12-13-23)21-19(25)15-20(26)22(21)27/h13,17-18,21,24H,2-12,14-16H2,1H3. The summed E-state index contributed by atoms with van der Waals surface area (Å²) < 4.78 is 0. The molecule has 154 valence electrons.